The molecule has 29 heavy (non-hydrogen) atoms. The molecule has 5 nitrogen and oxygen atoms in total. The van der Waals surface area contributed by atoms with Gasteiger partial charge in [-0.1, -0.05) is 29.8 Å². The molecule has 0 amide bonds. The second-order valence-corrected chi connectivity index (χ2v) is 7.13. The molecule has 0 aromatic heterocycles. The number of hydrogen-bond donors (Lipinski definition) is 3. The van der Waals surface area contributed by atoms with E-state index in [1.165, 1.54) is 0 Å². The predicted octanol–water partition coefficient (Wildman–Crippen LogP) is 4.60. The van der Waals surface area contributed by atoms with E-state index in [9.17, 15) is 0 Å². The second-order valence-electron chi connectivity index (χ2n) is 5.87. The standard InChI is InChI=1S/C20H26BrClN2O3.2ClH/c1-2-26-19-12-15(13-24-8-7-23-9-10-25)11-17(21)20(19)27-14-16-5-3-4-6-18(16)22;;/h3-6,11-12,23-25H,2,7-10,13-14H2,1H3;2*1H. The van der Waals surface area contributed by atoms with Gasteiger partial charge in [0.2, 0.25) is 0 Å². The van der Waals surface area contributed by atoms with Crippen molar-refractivity contribution >= 4 is 52.3 Å². The Labute approximate surface area is 198 Å². The summed E-state index contributed by atoms with van der Waals surface area (Å²) in [6, 6.07) is 11.6. The number of hydrogen-bond acceptors (Lipinski definition) is 5. The normalized spacial score (nSPS) is 10.1. The summed E-state index contributed by atoms with van der Waals surface area (Å²) in [6.07, 6.45) is 0. The summed E-state index contributed by atoms with van der Waals surface area (Å²) in [5, 5.41) is 15.9. The Morgan fingerprint density at radius 3 is 2.45 bits per heavy atom. The Bertz CT molecular complexity index is 723. The summed E-state index contributed by atoms with van der Waals surface area (Å²) in [4.78, 5) is 0. The van der Waals surface area contributed by atoms with Crippen LogP contribution in [0.3, 0.4) is 0 Å². The van der Waals surface area contributed by atoms with Crippen molar-refractivity contribution in [1.29, 1.82) is 0 Å². The first kappa shape index (κ1) is 28.3. The number of nitrogens with one attached hydrogen (secondary N) is 2. The Hall–Kier alpha value is -0.730. The van der Waals surface area contributed by atoms with Crippen molar-refractivity contribution in [2.75, 3.05) is 32.8 Å². The van der Waals surface area contributed by atoms with E-state index in [2.05, 4.69) is 26.6 Å². The Balaban J connectivity index is 0.00000392. The minimum absolute atomic E-state index is 0. The number of halogens is 4. The van der Waals surface area contributed by atoms with Crippen molar-refractivity contribution in [2.24, 2.45) is 0 Å². The fourth-order valence-electron chi connectivity index (χ4n) is 2.51. The van der Waals surface area contributed by atoms with Crippen LogP contribution in [0.1, 0.15) is 18.1 Å². The van der Waals surface area contributed by atoms with Crippen molar-refractivity contribution in [3.05, 3.63) is 57.0 Å². The summed E-state index contributed by atoms with van der Waals surface area (Å²) in [5.41, 5.74) is 2.02. The molecule has 0 radical (unpaired) electrons. The van der Waals surface area contributed by atoms with Gasteiger partial charge in [0.25, 0.3) is 0 Å². The molecule has 164 valence electrons. The smallest absolute Gasteiger partial charge is 0.175 e. The van der Waals surface area contributed by atoms with Gasteiger partial charge in [-0.3, -0.25) is 0 Å². The largest absolute Gasteiger partial charge is 0.490 e. The van der Waals surface area contributed by atoms with Crippen molar-refractivity contribution in [3.8, 4) is 11.5 Å². The van der Waals surface area contributed by atoms with Gasteiger partial charge >= 0.3 is 0 Å². The molecule has 2 rings (SSSR count). The van der Waals surface area contributed by atoms with Crippen molar-refractivity contribution in [2.45, 2.75) is 20.1 Å². The maximum Gasteiger partial charge on any atom is 0.175 e. The quantitative estimate of drug-likeness (QED) is 0.350. The number of benzene rings is 2. The average molecular weight is 531 g/mol. The van der Waals surface area contributed by atoms with Gasteiger partial charge < -0.3 is 25.2 Å². The zero-order valence-corrected chi connectivity index (χ0v) is 20.2. The molecule has 0 saturated carbocycles. The molecule has 0 aliphatic carbocycles. The minimum atomic E-state index is 0. The molecule has 0 aliphatic rings. The first-order valence-corrected chi connectivity index (χ1v) is 10.2. The minimum Gasteiger partial charge on any atom is -0.490 e. The molecule has 3 N–H and O–H groups in total. The zero-order valence-electron chi connectivity index (χ0n) is 16.2. The van der Waals surface area contributed by atoms with Crippen LogP contribution in [0, 0.1) is 0 Å². The van der Waals surface area contributed by atoms with Gasteiger partial charge in [-0.05, 0) is 46.6 Å². The molecular weight excluding hydrogens is 502 g/mol. The monoisotopic (exact) mass is 528 g/mol. The van der Waals surface area contributed by atoms with Crippen molar-refractivity contribution in [1.82, 2.24) is 10.6 Å². The van der Waals surface area contributed by atoms with Gasteiger partial charge in [0.1, 0.15) is 6.61 Å². The fourth-order valence-corrected chi connectivity index (χ4v) is 3.30. The van der Waals surface area contributed by atoms with Gasteiger partial charge in [-0.25, -0.2) is 0 Å². The van der Waals surface area contributed by atoms with Crippen LogP contribution in [0.15, 0.2) is 40.9 Å². The Kier molecular flexibility index (Phi) is 15.6. The Morgan fingerprint density at radius 2 is 1.76 bits per heavy atom. The maximum atomic E-state index is 8.75. The van der Waals surface area contributed by atoms with E-state index in [4.69, 9.17) is 26.2 Å². The molecule has 0 unspecified atom stereocenters. The maximum absolute atomic E-state index is 8.75. The lowest BCUT2D eigenvalue weighted by Gasteiger charge is -2.16. The molecule has 0 spiro atoms. The van der Waals surface area contributed by atoms with Crippen LogP contribution in [-0.2, 0) is 13.2 Å². The topological polar surface area (TPSA) is 62.8 Å². The highest BCUT2D eigenvalue weighted by molar-refractivity contribution is 9.10. The van der Waals surface area contributed by atoms with Crippen LogP contribution < -0.4 is 20.1 Å². The van der Waals surface area contributed by atoms with Crippen LogP contribution in [0.2, 0.25) is 5.02 Å². The molecular formula is C20H28BrCl3N2O3. The zero-order chi connectivity index (χ0) is 19.5. The number of aliphatic hydroxyl groups is 1. The van der Waals surface area contributed by atoms with E-state index in [0.29, 0.717) is 42.8 Å². The first-order chi connectivity index (χ1) is 13.2. The van der Waals surface area contributed by atoms with E-state index in [-0.39, 0.29) is 31.4 Å². The van der Waals surface area contributed by atoms with Gasteiger partial charge in [-0.2, -0.15) is 0 Å². The van der Waals surface area contributed by atoms with Gasteiger partial charge in [-0.15, -0.1) is 24.8 Å². The number of ether oxygens (including phenoxy) is 2. The number of aliphatic hydroxyl groups excluding tert-OH is 1. The fraction of sp³-hybridized carbons (Fsp3) is 0.400. The number of rotatable bonds is 12. The summed E-state index contributed by atoms with van der Waals surface area (Å²) in [5.74, 6) is 1.37. The van der Waals surface area contributed by atoms with Crippen LogP contribution in [0.5, 0.6) is 11.5 Å². The highest BCUT2D eigenvalue weighted by Gasteiger charge is 2.13. The first-order valence-electron chi connectivity index (χ1n) is 8.99. The summed E-state index contributed by atoms with van der Waals surface area (Å²) in [6.45, 7) is 5.96. The van der Waals surface area contributed by atoms with Crippen LogP contribution in [-0.4, -0.2) is 38.0 Å². The van der Waals surface area contributed by atoms with Gasteiger partial charge in [0.15, 0.2) is 11.5 Å². The van der Waals surface area contributed by atoms with Gasteiger partial charge in [0, 0.05) is 36.8 Å². The molecule has 0 saturated heterocycles. The third-order valence-electron chi connectivity index (χ3n) is 3.80. The predicted molar refractivity (Wildman–Crippen MR) is 127 cm³/mol. The van der Waals surface area contributed by atoms with Crippen LogP contribution in [0.25, 0.3) is 0 Å². The molecule has 2 aromatic rings. The van der Waals surface area contributed by atoms with Crippen LogP contribution in [0.4, 0.5) is 0 Å². The summed E-state index contributed by atoms with van der Waals surface area (Å²) >= 11 is 9.81. The van der Waals surface area contributed by atoms with Crippen molar-refractivity contribution in [3.63, 3.8) is 0 Å². The highest BCUT2D eigenvalue weighted by Crippen LogP contribution is 2.37. The molecule has 0 heterocycles. The molecule has 9 heteroatoms. The third kappa shape index (κ3) is 9.75. The highest BCUT2D eigenvalue weighted by atomic mass is 79.9. The molecule has 0 bridgehead atoms. The van der Waals surface area contributed by atoms with E-state index in [1.807, 2.05) is 43.3 Å². The molecule has 0 aliphatic heterocycles. The summed E-state index contributed by atoms with van der Waals surface area (Å²) < 4.78 is 12.6. The molecule has 0 fully saturated rings. The molecule has 2 aromatic carbocycles. The SMILES string of the molecule is CCOc1cc(CNCCNCCO)cc(Br)c1OCc1ccccc1Cl.Cl.Cl. The lowest BCUT2D eigenvalue weighted by atomic mass is 10.2. The lowest BCUT2D eigenvalue weighted by Crippen LogP contribution is -2.28. The van der Waals surface area contributed by atoms with E-state index >= 15 is 0 Å². The van der Waals surface area contributed by atoms with E-state index < -0.39 is 0 Å². The van der Waals surface area contributed by atoms with E-state index in [1.54, 1.807) is 0 Å². The Morgan fingerprint density at radius 1 is 1.03 bits per heavy atom. The third-order valence-corrected chi connectivity index (χ3v) is 4.75. The molecule has 0 atom stereocenters. The lowest BCUT2D eigenvalue weighted by molar-refractivity contribution is 0.267. The van der Waals surface area contributed by atoms with Crippen LogP contribution >= 0.6 is 52.3 Å². The average Bonchev–Trinajstić information content (AvgIpc) is 2.65. The van der Waals surface area contributed by atoms with Gasteiger partial charge in [0.05, 0.1) is 17.7 Å². The second kappa shape index (κ2) is 16.0. The summed E-state index contributed by atoms with van der Waals surface area (Å²) in [7, 11) is 0. The van der Waals surface area contributed by atoms with Crippen molar-refractivity contribution < 1.29 is 14.6 Å². The van der Waals surface area contributed by atoms with E-state index in [0.717, 1.165) is 28.7 Å².